The van der Waals surface area contributed by atoms with Gasteiger partial charge in [-0.25, -0.2) is 0 Å². The van der Waals surface area contributed by atoms with Crippen LogP contribution < -0.4 is 18.9 Å². The van der Waals surface area contributed by atoms with Crippen molar-refractivity contribution in [2.75, 3.05) is 28.4 Å². The predicted octanol–water partition coefficient (Wildman–Crippen LogP) is 9.33. The van der Waals surface area contributed by atoms with E-state index in [2.05, 4.69) is 21.3 Å². The molecule has 0 aliphatic carbocycles. The maximum absolute atomic E-state index is 10.5. The lowest BCUT2D eigenvalue weighted by Crippen LogP contribution is -1.99. The van der Waals surface area contributed by atoms with Crippen LogP contribution in [0, 0.1) is 22.7 Å². The summed E-state index contributed by atoms with van der Waals surface area (Å²) in [6.07, 6.45) is 0. The maximum Gasteiger partial charge on any atom is 0.120 e. The van der Waals surface area contributed by atoms with E-state index < -0.39 is 0 Å². The SMILES string of the molecule is COc1ccc2c3ccc(OC)cc3n(-c3ccc(-c4ccc(-n5c6cc(OC)ccc6c6ccc(OC)cc65)cc4C#N)c(C#N)c3)c2c1. The Morgan fingerprint density at radius 1 is 0.400 bits per heavy atom. The fourth-order valence-corrected chi connectivity index (χ4v) is 7.02. The molecule has 0 atom stereocenters. The molecule has 0 N–H and O–H groups in total. The standard InChI is InChI=1S/C42H30N4O4/c1-47-29-7-13-35-36-14-8-30(48-2)20-40(36)45(39(35)19-29)27-5-11-33(25(17-27)23-43)34-12-6-28(18-26(34)24-44)46-41-21-31(49-3)9-15-37(41)38-16-10-32(50-4)22-42(38)46/h5-22H,1-4H3. The van der Waals surface area contributed by atoms with Crippen LogP contribution in [0.1, 0.15) is 11.1 Å². The van der Waals surface area contributed by atoms with Crippen LogP contribution in [0.4, 0.5) is 0 Å². The summed E-state index contributed by atoms with van der Waals surface area (Å²) in [5.74, 6) is 2.91. The zero-order chi connectivity index (χ0) is 34.5. The second kappa shape index (κ2) is 12.0. The molecular formula is C42H30N4O4. The number of ether oxygens (including phenoxy) is 4. The van der Waals surface area contributed by atoms with Crippen LogP contribution >= 0.6 is 0 Å². The second-order valence-electron chi connectivity index (χ2n) is 11.9. The molecule has 0 unspecified atom stereocenters. The third-order valence-corrected chi connectivity index (χ3v) is 9.42. The minimum atomic E-state index is 0.443. The van der Waals surface area contributed by atoms with E-state index in [1.807, 2.05) is 109 Å². The molecule has 0 bridgehead atoms. The van der Waals surface area contributed by atoms with Gasteiger partial charge in [0.2, 0.25) is 0 Å². The number of methoxy groups -OCH3 is 4. The molecule has 8 rings (SSSR count). The number of nitrogens with zero attached hydrogens (tertiary/aromatic N) is 4. The average Bonchev–Trinajstić information content (AvgIpc) is 3.67. The summed E-state index contributed by atoms with van der Waals surface area (Å²) >= 11 is 0. The highest BCUT2D eigenvalue weighted by molar-refractivity contribution is 6.11. The van der Waals surface area contributed by atoms with Crippen molar-refractivity contribution in [2.24, 2.45) is 0 Å². The molecule has 8 aromatic rings. The van der Waals surface area contributed by atoms with E-state index in [0.29, 0.717) is 22.3 Å². The molecule has 0 aliphatic rings. The highest BCUT2D eigenvalue weighted by atomic mass is 16.5. The van der Waals surface area contributed by atoms with E-state index in [1.165, 1.54) is 0 Å². The summed E-state index contributed by atoms with van der Waals surface area (Å²) < 4.78 is 26.5. The van der Waals surface area contributed by atoms with E-state index in [1.54, 1.807) is 28.4 Å². The monoisotopic (exact) mass is 654 g/mol. The molecule has 2 heterocycles. The average molecular weight is 655 g/mol. The fraction of sp³-hybridized carbons (Fsp3) is 0.0952. The van der Waals surface area contributed by atoms with Crippen LogP contribution in [0.5, 0.6) is 23.0 Å². The zero-order valence-corrected chi connectivity index (χ0v) is 27.8. The quantitative estimate of drug-likeness (QED) is 0.170. The molecule has 2 aromatic heterocycles. The normalized spacial score (nSPS) is 11.2. The Morgan fingerprint density at radius 3 is 0.960 bits per heavy atom. The van der Waals surface area contributed by atoms with E-state index in [0.717, 1.165) is 78.0 Å². The Hall–Kier alpha value is -6.90. The van der Waals surface area contributed by atoms with Gasteiger partial charge < -0.3 is 28.1 Å². The van der Waals surface area contributed by atoms with Gasteiger partial charge in [-0.3, -0.25) is 0 Å². The fourth-order valence-electron chi connectivity index (χ4n) is 7.02. The Morgan fingerprint density at radius 2 is 0.700 bits per heavy atom. The summed E-state index contributed by atoms with van der Waals surface area (Å²) in [4.78, 5) is 0. The number of hydrogen-bond acceptors (Lipinski definition) is 6. The number of nitriles is 2. The smallest absolute Gasteiger partial charge is 0.120 e. The van der Waals surface area contributed by atoms with Crippen molar-refractivity contribution in [3.05, 3.63) is 120 Å². The Kier molecular flexibility index (Phi) is 7.28. The minimum absolute atomic E-state index is 0.443. The highest BCUT2D eigenvalue weighted by Crippen LogP contribution is 2.40. The van der Waals surface area contributed by atoms with Crippen LogP contribution in [0.2, 0.25) is 0 Å². The van der Waals surface area contributed by atoms with Crippen molar-refractivity contribution < 1.29 is 18.9 Å². The molecule has 0 amide bonds. The highest BCUT2D eigenvalue weighted by Gasteiger charge is 2.19. The third-order valence-electron chi connectivity index (χ3n) is 9.42. The Balaban J connectivity index is 1.30. The predicted molar refractivity (Wildman–Crippen MR) is 196 cm³/mol. The Bertz CT molecular complexity index is 2430. The largest absolute Gasteiger partial charge is 0.497 e. The lowest BCUT2D eigenvalue weighted by Gasteiger charge is -2.14. The second-order valence-corrected chi connectivity index (χ2v) is 11.9. The molecule has 0 radical (unpaired) electrons. The van der Waals surface area contributed by atoms with Crippen molar-refractivity contribution in [3.63, 3.8) is 0 Å². The number of fused-ring (bicyclic) bond motifs is 6. The first-order valence-electron chi connectivity index (χ1n) is 15.9. The summed E-state index contributed by atoms with van der Waals surface area (Å²) in [6.45, 7) is 0. The van der Waals surface area contributed by atoms with Gasteiger partial charge in [0, 0.05) is 68.3 Å². The van der Waals surface area contributed by atoms with Gasteiger partial charge in [-0.2, -0.15) is 10.5 Å². The van der Waals surface area contributed by atoms with Gasteiger partial charge in [0.1, 0.15) is 23.0 Å². The van der Waals surface area contributed by atoms with Gasteiger partial charge >= 0.3 is 0 Å². The first-order chi connectivity index (χ1) is 24.5. The third kappa shape index (κ3) is 4.66. The zero-order valence-electron chi connectivity index (χ0n) is 27.8. The molecule has 8 nitrogen and oxygen atoms in total. The molecule has 50 heavy (non-hydrogen) atoms. The van der Waals surface area contributed by atoms with Gasteiger partial charge in [0.25, 0.3) is 0 Å². The lowest BCUT2D eigenvalue weighted by molar-refractivity contribution is 0.415. The van der Waals surface area contributed by atoms with Crippen molar-refractivity contribution in [3.8, 4) is 57.6 Å². The van der Waals surface area contributed by atoms with Crippen LogP contribution in [-0.2, 0) is 0 Å². The van der Waals surface area contributed by atoms with E-state index in [-0.39, 0.29) is 0 Å². The van der Waals surface area contributed by atoms with Crippen LogP contribution in [0.15, 0.2) is 109 Å². The summed E-state index contributed by atoms with van der Waals surface area (Å²) in [5.41, 5.74) is 7.57. The first kappa shape index (κ1) is 30.4. The Labute approximate surface area is 288 Å². The summed E-state index contributed by atoms with van der Waals surface area (Å²) in [7, 11) is 6.58. The molecule has 0 saturated carbocycles. The molecule has 0 spiro atoms. The molecule has 0 aliphatic heterocycles. The number of hydrogen-bond donors (Lipinski definition) is 0. The van der Waals surface area contributed by atoms with E-state index in [4.69, 9.17) is 18.9 Å². The van der Waals surface area contributed by atoms with Crippen molar-refractivity contribution in [1.82, 2.24) is 9.13 Å². The molecule has 0 fully saturated rings. The van der Waals surface area contributed by atoms with Crippen molar-refractivity contribution in [1.29, 1.82) is 10.5 Å². The van der Waals surface area contributed by atoms with Gasteiger partial charge in [0.05, 0.1) is 73.8 Å². The van der Waals surface area contributed by atoms with Crippen LogP contribution in [0.3, 0.4) is 0 Å². The molecule has 242 valence electrons. The lowest BCUT2D eigenvalue weighted by atomic mass is 9.95. The molecule has 8 heteroatoms. The van der Waals surface area contributed by atoms with Gasteiger partial charge in [-0.1, -0.05) is 12.1 Å². The minimum Gasteiger partial charge on any atom is -0.497 e. The van der Waals surface area contributed by atoms with Gasteiger partial charge in [0.15, 0.2) is 0 Å². The van der Waals surface area contributed by atoms with Gasteiger partial charge in [-0.05, 0) is 72.8 Å². The summed E-state index contributed by atoms with van der Waals surface area (Å²) in [5, 5.41) is 25.2. The number of aromatic nitrogens is 2. The molecular weight excluding hydrogens is 624 g/mol. The topological polar surface area (TPSA) is 94.4 Å². The van der Waals surface area contributed by atoms with Crippen LogP contribution in [-0.4, -0.2) is 37.6 Å². The summed E-state index contributed by atoms with van der Waals surface area (Å²) in [6, 6.07) is 40.3. The first-order valence-corrected chi connectivity index (χ1v) is 15.9. The van der Waals surface area contributed by atoms with Crippen LogP contribution in [0.25, 0.3) is 66.1 Å². The van der Waals surface area contributed by atoms with Gasteiger partial charge in [-0.15, -0.1) is 0 Å². The van der Waals surface area contributed by atoms with E-state index in [9.17, 15) is 10.5 Å². The molecule has 6 aromatic carbocycles. The molecule has 0 saturated heterocycles. The number of benzene rings is 6. The van der Waals surface area contributed by atoms with Crippen molar-refractivity contribution in [2.45, 2.75) is 0 Å². The van der Waals surface area contributed by atoms with E-state index >= 15 is 0 Å². The maximum atomic E-state index is 10.5. The number of rotatable bonds is 7. The van der Waals surface area contributed by atoms with Crippen molar-refractivity contribution >= 4 is 43.6 Å².